The van der Waals surface area contributed by atoms with E-state index >= 15 is 0 Å². The molecule has 2 unspecified atom stereocenters. The van der Waals surface area contributed by atoms with Crippen molar-refractivity contribution in [1.82, 2.24) is 25.4 Å². The fraction of sp³-hybridized carbons (Fsp3) is 0.471. The number of carbonyl (C=O) groups excluding carboxylic acids is 1. The van der Waals surface area contributed by atoms with E-state index in [9.17, 15) is 9.90 Å². The van der Waals surface area contributed by atoms with E-state index in [2.05, 4.69) is 20.8 Å². The standard InChI is InChI=1S/C17H25N5O2/c1-3-22-12-20-21-16(22)11-19-17(24)18-10-15(9-13(2)23)14-7-5-4-6-8-14/h4-8,12-13,15,23H,3,9-11H2,1-2H3,(H2,18,19,24). The maximum Gasteiger partial charge on any atom is 0.315 e. The molecule has 2 aromatic rings. The lowest BCUT2D eigenvalue weighted by Gasteiger charge is -2.19. The predicted octanol–water partition coefficient (Wildman–Crippen LogP) is 1.65. The number of aliphatic hydroxyl groups excluding tert-OH is 1. The second kappa shape index (κ2) is 9.02. The lowest BCUT2D eigenvalue weighted by molar-refractivity contribution is 0.173. The SMILES string of the molecule is CCn1cnnc1CNC(=O)NCC(CC(C)O)c1ccccc1. The number of benzene rings is 1. The van der Waals surface area contributed by atoms with Crippen LogP contribution in [0.15, 0.2) is 36.7 Å². The van der Waals surface area contributed by atoms with Crippen molar-refractivity contribution >= 4 is 6.03 Å². The van der Waals surface area contributed by atoms with Gasteiger partial charge in [0.2, 0.25) is 0 Å². The van der Waals surface area contributed by atoms with Gasteiger partial charge in [-0.2, -0.15) is 0 Å². The molecule has 1 aromatic carbocycles. The zero-order chi connectivity index (χ0) is 17.4. The molecular weight excluding hydrogens is 306 g/mol. The molecule has 0 aliphatic carbocycles. The van der Waals surface area contributed by atoms with Gasteiger partial charge in [0, 0.05) is 19.0 Å². The van der Waals surface area contributed by atoms with E-state index in [-0.39, 0.29) is 11.9 Å². The van der Waals surface area contributed by atoms with Gasteiger partial charge >= 0.3 is 6.03 Å². The van der Waals surface area contributed by atoms with E-state index in [0.717, 1.165) is 17.9 Å². The molecule has 0 aliphatic rings. The third kappa shape index (κ3) is 5.34. The van der Waals surface area contributed by atoms with Crippen molar-refractivity contribution in [3.63, 3.8) is 0 Å². The number of nitrogens with one attached hydrogen (secondary N) is 2. The average Bonchev–Trinajstić information content (AvgIpc) is 3.04. The van der Waals surface area contributed by atoms with Gasteiger partial charge in [0.25, 0.3) is 0 Å². The van der Waals surface area contributed by atoms with Crippen molar-refractivity contribution in [2.45, 2.75) is 45.4 Å². The van der Waals surface area contributed by atoms with Crippen LogP contribution in [0.1, 0.15) is 37.6 Å². The first-order valence-electron chi connectivity index (χ1n) is 8.21. The maximum absolute atomic E-state index is 12.0. The second-order valence-corrected chi connectivity index (χ2v) is 5.79. The summed E-state index contributed by atoms with van der Waals surface area (Å²) in [4.78, 5) is 12.0. The van der Waals surface area contributed by atoms with Gasteiger partial charge in [-0.1, -0.05) is 30.3 Å². The molecule has 0 fully saturated rings. The number of rotatable bonds is 8. The highest BCUT2D eigenvalue weighted by Crippen LogP contribution is 2.20. The lowest BCUT2D eigenvalue weighted by Crippen LogP contribution is -2.38. The normalized spacial score (nSPS) is 13.3. The smallest absolute Gasteiger partial charge is 0.315 e. The van der Waals surface area contributed by atoms with E-state index in [4.69, 9.17) is 0 Å². The molecule has 2 amide bonds. The van der Waals surface area contributed by atoms with Gasteiger partial charge in [-0.05, 0) is 25.8 Å². The van der Waals surface area contributed by atoms with Crippen LogP contribution >= 0.6 is 0 Å². The number of aliphatic hydroxyl groups is 1. The van der Waals surface area contributed by atoms with Crippen LogP contribution < -0.4 is 10.6 Å². The van der Waals surface area contributed by atoms with E-state index in [0.29, 0.717) is 19.5 Å². The highest BCUT2D eigenvalue weighted by atomic mass is 16.3. The molecule has 0 aliphatic heterocycles. The summed E-state index contributed by atoms with van der Waals surface area (Å²) < 4.78 is 1.88. The van der Waals surface area contributed by atoms with Crippen molar-refractivity contribution in [2.75, 3.05) is 6.54 Å². The van der Waals surface area contributed by atoms with Gasteiger partial charge in [-0.25, -0.2) is 4.79 Å². The molecule has 0 saturated heterocycles. The van der Waals surface area contributed by atoms with Gasteiger partial charge in [-0.15, -0.1) is 10.2 Å². The minimum atomic E-state index is -0.428. The summed E-state index contributed by atoms with van der Waals surface area (Å²) in [5.74, 6) is 0.785. The Morgan fingerprint density at radius 1 is 1.29 bits per heavy atom. The Balaban J connectivity index is 1.85. The molecule has 130 valence electrons. The quantitative estimate of drug-likeness (QED) is 0.686. The molecule has 0 saturated carbocycles. The Kier molecular flexibility index (Phi) is 6.74. The maximum atomic E-state index is 12.0. The summed E-state index contributed by atoms with van der Waals surface area (Å²) in [5, 5.41) is 23.2. The fourth-order valence-corrected chi connectivity index (χ4v) is 2.59. The topological polar surface area (TPSA) is 92.1 Å². The van der Waals surface area contributed by atoms with Crippen molar-refractivity contribution in [3.8, 4) is 0 Å². The largest absolute Gasteiger partial charge is 0.393 e. The Bertz CT molecular complexity index is 627. The Labute approximate surface area is 142 Å². The van der Waals surface area contributed by atoms with Crippen LogP contribution in [0, 0.1) is 0 Å². The van der Waals surface area contributed by atoms with Crippen molar-refractivity contribution < 1.29 is 9.90 Å². The number of aryl methyl sites for hydroxylation is 1. The van der Waals surface area contributed by atoms with Crippen molar-refractivity contribution in [2.24, 2.45) is 0 Å². The van der Waals surface area contributed by atoms with Crippen LogP contribution in [-0.2, 0) is 13.1 Å². The van der Waals surface area contributed by atoms with E-state index in [1.54, 1.807) is 13.3 Å². The Morgan fingerprint density at radius 2 is 2.04 bits per heavy atom. The average molecular weight is 331 g/mol. The first kappa shape index (κ1) is 17.9. The fourth-order valence-electron chi connectivity index (χ4n) is 2.59. The van der Waals surface area contributed by atoms with Crippen LogP contribution in [0.5, 0.6) is 0 Å². The van der Waals surface area contributed by atoms with Crippen LogP contribution in [0.25, 0.3) is 0 Å². The summed E-state index contributed by atoms with van der Waals surface area (Å²) in [6, 6.07) is 9.64. The zero-order valence-electron chi connectivity index (χ0n) is 14.1. The van der Waals surface area contributed by atoms with Gasteiger partial charge in [0.05, 0.1) is 12.6 Å². The number of nitrogens with zero attached hydrogens (tertiary/aromatic N) is 3. The van der Waals surface area contributed by atoms with E-state index in [1.165, 1.54) is 0 Å². The third-order valence-electron chi connectivity index (χ3n) is 3.85. The number of carbonyl (C=O) groups is 1. The second-order valence-electron chi connectivity index (χ2n) is 5.79. The number of urea groups is 1. The first-order valence-corrected chi connectivity index (χ1v) is 8.21. The molecule has 24 heavy (non-hydrogen) atoms. The van der Waals surface area contributed by atoms with Gasteiger partial charge in [-0.3, -0.25) is 0 Å². The van der Waals surface area contributed by atoms with Gasteiger partial charge in [0.1, 0.15) is 6.33 Å². The number of hydrogen-bond acceptors (Lipinski definition) is 4. The highest BCUT2D eigenvalue weighted by molar-refractivity contribution is 5.73. The number of amides is 2. The Morgan fingerprint density at radius 3 is 2.71 bits per heavy atom. The molecule has 0 bridgehead atoms. The zero-order valence-corrected chi connectivity index (χ0v) is 14.1. The summed E-state index contributed by atoms with van der Waals surface area (Å²) in [6.07, 6.45) is 1.81. The van der Waals surface area contributed by atoms with Gasteiger partial charge < -0.3 is 20.3 Å². The molecule has 1 aromatic heterocycles. The van der Waals surface area contributed by atoms with Crippen LogP contribution in [-0.4, -0.2) is 38.6 Å². The van der Waals surface area contributed by atoms with E-state index < -0.39 is 6.10 Å². The number of hydrogen-bond donors (Lipinski definition) is 3. The van der Waals surface area contributed by atoms with Crippen LogP contribution in [0.2, 0.25) is 0 Å². The minimum Gasteiger partial charge on any atom is -0.393 e. The summed E-state index contributed by atoms with van der Waals surface area (Å²) in [5.41, 5.74) is 1.10. The van der Waals surface area contributed by atoms with Crippen LogP contribution in [0.4, 0.5) is 4.79 Å². The van der Waals surface area contributed by atoms with Crippen LogP contribution in [0.3, 0.4) is 0 Å². The summed E-state index contributed by atoms with van der Waals surface area (Å²) >= 11 is 0. The first-order chi connectivity index (χ1) is 11.6. The molecule has 7 nitrogen and oxygen atoms in total. The van der Waals surface area contributed by atoms with E-state index in [1.807, 2.05) is 41.8 Å². The molecule has 2 rings (SSSR count). The van der Waals surface area contributed by atoms with Crippen molar-refractivity contribution in [3.05, 3.63) is 48.0 Å². The minimum absolute atomic E-state index is 0.0660. The predicted molar refractivity (Wildman–Crippen MR) is 91.4 cm³/mol. The molecule has 7 heteroatoms. The third-order valence-corrected chi connectivity index (χ3v) is 3.85. The summed E-state index contributed by atoms with van der Waals surface area (Å²) in [6.45, 7) is 5.30. The lowest BCUT2D eigenvalue weighted by atomic mass is 9.93. The molecular formula is C17H25N5O2. The Hall–Kier alpha value is -2.41. The monoisotopic (exact) mass is 331 g/mol. The summed E-state index contributed by atoms with van der Waals surface area (Å²) in [7, 11) is 0. The molecule has 3 N–H and O–H groups in total. The molecule has 0 radical (unpaired) electrons. The van der Waals surface area contributed by atoms with Gasteiger partial charge in [0.15, 0.2) is 5.82 Å². The molecule has 2 atom stereocenters. The molecule has 0 spiro atoms. The highest BCUT2D eigenvalue weighted by Gasteiger charge is 2.15. The van der Waals surface area contributed by atoms with Crippen molar-refractivity contribution in [1.29, 1.82) is 0 Å². The number of aromatic nitrogens is 3. The molecule has 1 heterocycles.